The number of nitrogens with two attached hydrogens (primary N) is 1. The second kappa shape index (κ2) is 6.79. The van der Waals surface area contributed by atoms with E-state index in [1.807, 2.05) is 6.07 Å². The molecule has 0 aliphatic heterocycles. The largest absolute Gasteiger partial charge is 0.495 e. The monoisotopic (exact) mass is 332 g/mol. The fraction of sp³-hybridized carbons (Fsp3) is 0.188. The molecule has 0 aromatic heterocycles. The average Bonchev–Trinajstić information content (AvgIpc) is 2.54. The molecule has 0 saturated heterocycles. The number of nitrogens with zero attached hydrogens (tertiary/aromatic N) is 1. The van der Waals surface area contributed by atoms with Gasteiger partial charge in [-0.3, -0.25) is 0 Å². The zero-order valence-corrected chi connectivity index (χ0v) is 13.2. The number of hydrogen-bond donors (Lipinski definition) is 2. The predicted octanol–water partition coefficient (Wildman–Crippen LogP) is 1.96. The molecule has 1 atom stereocenters. The molecule has 6 nitrogen and oxygen atoms in total. The number of rotatable bonds is 5. The molecule has 0 radical (unpaired) electrons. The number of nitriles is 1. The summed E-state index contributed by atoms with van der Waals surface area (Å²) in [5, 5.41) is 23.6. The van der Waals surface area contributed by atoms with Crippen LogP contribution in [0, 0.1) is 11.3 Å². The summed E-state index contributed by atoms with van der Waals surface area (Å²) in [6.45, 7) is 0. The Hall–Kier alpha value is -2.40. The summed E-state index contributed by atoms with van der Waals surface area (Å²) in [4.78, 5) is -0.0916. The van der Waals surface area contributed by atoms with E-state index in [0.717, 1.165) is 5.56 Å². The van der Waals surface area contributed by atoms with E-state index in [2.05, 4.69) is 0 Å². The summed E-state index contributed by atoms with van der Waals surface area (Å²) < 4.78 is 28.3. The van der Waals surface area contributed by atoms with Crippen molar-refractivity contribution in [3.63, 3.8) is 0 Å². The maximum atomic E-state index is 11.6. The molecule has 2 aromatic rings. The van der Waals surface area contributed by atoms with E-state index in [9.17, 15) is 13.5 Å². The lowest BCUT2D eigenvalue weighted by molar-refractivity contribution is 0.183. The molecule has 0 saturated carbocycles. The molecule has 0 amide bonds. The normalized spacial score (nSPS) is 12.4. The molecule has 7 heteroatoms. The molecule has 1 unspecified atom stereocenters. The van der Waals surface area contributed by atoms with E-state index < -0.39 is 16.1 Å². The van der Waals surface area contributed by atoms with E-state index in [4.69, 9.17) is 15.1 Å². The Balaban J connectivity index is 2.41. The van der Waals surface area contributed by atoms with Crippen LogP contribution in [0.25, 0.3) is 11.1 Å². The van der Waals surface area contributed by atoms with Crippen LogP contribution >= 0.6 is 0 Å². The zero-order valence-electron chi connectivity index (χ0n) is 12.4. The van der Waals surface area contributed by atoms with Crippen LogP contribution in [0.2, 0.25) is 0 Å². The molecule has 2 aromatic carbocycles. The standard InChI is InChI=1S/C16H16N2O4S/c1-22-15-7-6-13(10-16(15)23(18,20)21)11-2-4-12(5-3-11)14(19)8-9-17/h2-7,10,14,19H,8H2,1H3,(H2,18,20,21). The van der Waals surface area contributed by atoms with Gasteiger partial charge in [0.2, 0.25) is 10.0 Å². The van der Waals surface area contributed by atoms with Gasteiger partial charge in [-0.25, -0.2) is 13.6 Å². The van der Waals surface area contributed by atoms with Crippen molar-refractivity contribution >= 4 is 10.0 Å². The van der Waals surface area contributed by atoms with Crippen LogP contribution in [-0.2, 0) is 10.0 Å². The van der Waals surface area contributed by atoms with Gasteiger partial charge in [-0.15, -0.1) is 0 Å². The Morgan fingerprint density at radius 2 is 1.83 bits per heavy atom. The topological polar surface area (TPSA) is 113 Å². The average molecular weight is 332 g/mol. The van der Waals surface area contributed by atoms with E-state index in [-0.39, 0.29) is 17.1 Å². The highest BCUT2D eigenvalue weighted by molar-refractivity contribution is 7.89. The van der Waals surface area contributed by atoms with Crippen molar-refractivity contribution in [1.82, 2.24) is 0 Å². The number of benzene rings is 2. The van der Waals surface area contributed by atoms with Crippen molar-refractivity contribution in [3.05, 3.63) is 48.0 Å². The molecule has 0 aliphatic carbocycles. The van der Waals surface area contributed by atoms with Crippen LogP contribution in [-0.4, -0.2) is 20.6 Å². The van der Waals surface area contributed by atoms with Gasteiger partial charge in [-0.05, 0) is 28.8 Å². The lowest BCUT2D eigenvalue weighted by Crippen LogP contribution is -2.13. The van der Waals surface area contributed by atoms with Crippen molar-refractivity contribution < 1.29 is 18.3 Å². The van der Waals surface area contributed by atoms with Crippen LogP contribution in [0.3, 0.4) is 0 Å². The summed E-state index contributed by atoms with van der Waals surface area (Å²) in [5.74, 6) is 0.178. The second-order valence-corrected chi connectivity index (χ2v) is 6.44. The number of hydrogen-bond acceptors (Lipinski definition) is 5. The quantitative estimate of drug-likeness (QED) is 0.869. The highest BCUT2D eigenvalue weighted by Crippen LogP contribution is 2.30. The Kier molecular flexibility index (Phi) is 5.01. The van der Waals surface area contributed by atoms with E-state index in [1.165, 1.54) is 19.2 Å². The van der Waals surface area contributed by atoms with Crippen LogP contribution < -0.4 is 9.88 Å². The highest BCUT2D eigenvalue weighted by atomic mass is 32.2. The lowest BCUT2D eigenvalue weighted by Gasteiger charge is -2.11. The smallest absolute Gasteiger partial charge is 0.241 e. The third-order valence-electron chi connectivity index (χ3n) is 3.38. The first-order valence-corrected chi connectivity index (χ1v) is 8.27. The van der Waals surface area contributed by atoms with Gasteiger partial charge >= 0.3 is 0 Å². The molecule has 0 spiro atoms. The first-order chi connectivity index (χ1) is 10.9. The van der Waals surface area contributed by atoms with Gasteiger partial charge < -0.3 is 9.84 Å². The van der Waals surface area contributed by atoms with Crippen molar-refractivity contribution in [2.24, 2.45) is 5.14 Å². The van der Waals surface area contributed by atoms with Crippen LogP contribution in [0.5, 0.6) is 5.75 Å². The first-order valence-electron chi connectivity index (χ1n) is 6.73. The Labute approximate surface area is 134 Å². The number of methoxy groups -OCH3 is 1. The fourth-order valence-electron chi connectivity index (χ4n) is 2.18. The molecule has 0 bridgehead atoms. The summed E-state index contributed by atoms with van der Waals surface area (Å²) in [7, 11) is -2.54. The zero-order chi connectivity index (χ0) is 17.0. The first kappa shape index (κ1) is 17.0. The Morgan fingerprint density at radius 1 is 1.22 bits per heavy atom. The number of primary sulfonamides is 1. The van der Waals surface area contributed by atoms with Crippen LogP contribution in [0.15, 0.2) is 47.4 Å². The summed E-state index contributed by atoms with van der Waals surface area (Å²) >= 11 is 0. The number of aliphatic hydroxyl groups excluding tert-OH is 1. The third kappa shape index (κ3) is 3.87. The van der Waals surface area contributed by atoms with E-state index in [0.29, 0.717) is 11.1 Å². The highest BCUT2D eigenvalue weighted by Gasteiger charge is 2.16. The molecule has 0 fully saturated rings. The van der Waals surface area contributed by atoms with Crippen molar-refractivity contribution in [3.8, 4) is 22.9 Å². The SMILES string of the molecule is COc1ccc(-c2ccc(C(O)CC#N)cc2)cc1S(N)(=O)=O. The number of aliphatic hydroxyl groups is 1. The molecule has 3 N–H and O–H groups in total. The third-order valence-corrected chi connectivity index (χ3v) is 4.32. The van der Waals surface area contributed by atoms with E-state index in [1.54, 1.807) is 30.3 Å². The summed E-state index contributed by atoms with van der Waals surface area (Å²) in [6.07, 6.45) is -0.831. The molecule has 120 valence electrons. The summed E-state index contributed by atoms with van der Waals surface area (Å²) in [5.41, 5.74) is 2.03. The van der Waals surface area contributed by atoms with Gasteiger partial charge in [0, 0.05) is 0 Å². The molecule has 23 heavy (non-hydrogen) atoms. The second-order valence-electron chi connectivity index (χ2n) is 4.91. The fourth-order valence-corrected chi connectivity index (χ4v) is 2.90. The molecule has 2 rings (SSSR count). The van der Waals surface area contributed by atoms with Gasteiger partial charge in [0.25, 0.3) is 0 Å². The minimum atomic E-state index is -3.91. The van der Waals surface area contributed by atoms with Gasteiger partial charge in [0.15, 0.2) is 0 Å². The van der Waals surface area contributed by atoms with Gasteiger partial charge in [0.1, 0.15) is 10.6 Å². The summed E-state index contributed by atoms with van der Waals surface area (Å²) in [6, 6.07) is 13.5. The van der Waals surface area contributed by atoms with Crippen molar-refractivity contribution in [2.45, 2.75) is 17.4 Å². The number of sulfonamides is 1. The Bertz CT molecular complexity index is 839. The van der Waals surface area contributed by atoms with Gasteiger partial charge in [-0.2, -0.15) is 5.26 Å². The van der Waals surface area contributed by atoms with Gasteiger partial charge in [-0.1, -0.05) is 30.3 Å². The van der Waals surface area contributed by atoms with Gasteiger partial charge in [0.05, 0.1) is 25.7 Å². The van der Waals surface area contributed by atoms with Crippen molar-refractivity contribution in [1.29, 1.82) is 5.26 Å². The molecular formula is C16H16N2O4S. The molecule has 0 heterocycles. The minimum Gasteiger partial charge on any atom is -0.495 e. The van der Waals surface area contributed by atoms with E-state index >= 15 is 0 Å². The van der Waals surface area contributed by atoms with Crippen LogP contribution in [0.1, 0.15) is 18.1 Å². The Morgan fingerprint density at radius 3 is 2.35 bits per heavy atom. The molecule has 0 aliphatic rings. The molecular weight excluding hydrogens is 316 g/mol. The predicted molar refractivity (Wildman–Crippen MR) is 85.0 cm³/mol. The van der Waals surface area contributed by atoms with Crippen molar-refractivity contribution in [2.75, 3.05) is 7.11 Å². The van der Waals surface area contributed by atoms with Crippen LogP contribution in [0.4, 0.5) is 0 Å². The number of ether oxygens (including phenoxy) is 1. The lowest BCUT2D eigenvalue weighted by atomic mass is 10.0. The maximum Gasteiger partial charge on any atom is 0.241 e. The minimum absolute atomic E-state index is 0.0114. The maximum absolute atomic E-state index is 11.6.